The van der Waals surface area contributed by atoms with E-state index in [0.29, 0.717) is 25.2 Å². The summed E-state index contributed by atoms with van der Waals surface area (Å²) in [6.45, 7) is 14.9. The summed E-state index contributed by atoms with van der Waals surface area (Å²) in [7, 11) is 0. The molecule has 0 aliphatic rings. The molecule has 0 unspecified atom stereocenters. The van der Waals surface area contributed by atoms with Crippen molar-refractivity contribution in [3.8, 4) is 0 Å². The first-order chi connectivity index (χ1) is 8.65. The predicted molar refractivity (Wildman–Crippen MR) is 76.5 cm³/mol. The molecule has 0 saturated heterocycles. The molecular weight excluding hydrogens is 331 g/mol. The summed E-state index contributed by atoms with van der Waals surface area (Å²) < 4.78 is 5.12. The van der Waals surface area contributed by atoms with E-state index in [-0.39, 0.29) is 45.0 Å². The zero-order chi connectivity index (χ0) is 15.1. The number of carbonyl (C=O) groups is 2. The van der Waals surface area contributed by atoms with E-state index >= 15 is 0 Å². The molecule has 4 nitrogen and oxygen atoms in total. The maximum atomic E-state index is 11.9. The van der Waals surface area contributed by atoms with Crippen molar-refractivity contribution in [3.05, 3.63) is 25.0 Å². The van der Waals surface area contributed by atoms with Gasteiger partial charge in [0, 0.05) is 38.5 Å². The molecule has 0 aromatic carbocycles. The van der Waals surface area contributed by atoms with E-state index in [1.165, 1.54) is 0 Å². The molecule has 0 bridgehead atoms. The Kier molecular flexibility index (Phi) is 11.4. The van der Waals surface area contributed by atoms with Gasteiger partial charge in [-0.25, -0.2) is 4.79 Å². The van der Waals surface area contributed by atoms with Crippen molar-refractivity contribution in [2.24, 2.45) is 0 Å². The second-order valence-corrected chi connectivity index (χ2v) is 5.62. The predicted octanol–water partition coefficient (Wildman–Crippen LogP) is 3.23. The Labute approximate surface area is 148 Å². The first-order valence-electron chi connectivity index (χ1n) is 6.44. The van der Waals surface area contributed by atoms with Crippen molar-refractivity contribution >= 4 is 11.9 Å². The molecule has 0 aliphatic heterocycles. The first kappa shape index (κ1) is 21.9. The number of hydrogen-bond acceptors (Lipinski definition) is 3. The molecule has 0 aliphatic carbocycles. The fraction of sp³-hybridized carbons (Fsp3) is 0.600. The number of hydrogen-bond donors (Lipinski definition) is 1. The molecule has 0 saturated carbocycles. The maximum absolute atomic E-state index is 11.9. The van der Waals surface area contributed by atoms with Gasteiger partial charge in [-0.3, -0.25) is 5.92 Å². The molecule has 0 heterocycles. The van der Waals surface area contributed by atoms with E-state index in [1.54, 1.807) is 20.8 Å². The van der Waals surface area contributed by atoms with Crippen molar-refractivity contribution in [2.45, 2.75) is 52.6 Å². The van der Waals surface area contributed by atoms with Crippen LogP contribution in [0.4, 0.5) is 4.79 Å². The normalized spacial score (nSPS) is 10.2. The number of ether oxygens (including phenoxy) is 1. The average Bonchev–Trinajstić information content (AvgIpc) is 2.21. The Bertz CT molecular complexity index is 335. The third kappa shape index (κ3) is 11.5. The van der Waals surface area contributed by atoms with Gasteiger partial charge in [0.25, 0.3) is 0 Å². The Morgan fingerprint density at radius 3 is 2.30 bits per heavy atom. The molecule has 5 heteroatoms. The van der Waals surface area contributed by atoms with Gasteiger partial charge in [-0.05, 0) is 34.1 Å². The van der Waals surface area contributed by atoms with Crippen LogP contribution in [0.3, 0.4) is 0 Å². The SMILES string of the molecule is C=C(C)C[C-](CNC(=O)OC(C)(C)C)C(=O)CC[CH2-].[Y]. The standard InChI is InChI=1S/C15H25NO3.Y/c1-7-8-13(17)12(9-11(2)3)10-16-14(18)19-15(4,5)6;/h1-2,7-10H2,3-6H3,(H,16,18);/q-2;. The Morgan fingerprint density at radius 1 is 1.35 bits per heavy atom. The maximum Gasteiger partial charge on any atom is 0.405 e. The summed E-state index contributed by atoms with van der Waals surface area (Å²) in [4.78, 5) is 23.4. The van der Waals surface area contributed by atoms with Gasteiger partial charge < -0.3 is 21.8 Å². The second-order valence-electron chi connectivity index (χ2n) is 5.62. The quantitative estimate of drug-likeness (QED) is 0.563. The molecule has 0 rings (SSSR count). The van der Waals surface area contributed by atoms with Gasteiger partial charge in [-0.15, -0.1) is 18.6 Å². The van der Waals surface area contributed by atoms with E-state index in [1.807, 2.05) is 6.92 Å². The van der Waals surface area contributed by atoms with Gasteiger partial charge in [0.1, 0.15) is 5.60 Å². The van der Waals surface area contributed by atoms with Crippen LogP contribution < -0.4 is 5.32 Å². The van der Waals surface area contributed by atoms with Crippen molar-refractivity contribution in [2.75, 3.05) is 6.54 Å². The number of ketones is 1. The van der Waals surface area contributed by atoms with E-state index in [9.17, 15) is 9.59 Å². The topological polar surface area (TPSA) is 55.4 Å². The zero-order valence-corrected chi connectivity index (χ0v) is 15.9. The molecular formula is C15H25NO3Y-2. The second kappa shape index (κ2) is 10.4. The summed E-state index contributed by atoms with van der Waals surface area (Å²) in [6.07, 6.45) is 0.909. The number of amides is 1. The number of allylic oxidation sites excluding steroid dienone is 1. The van der Waals surface area contributed by atoms with Crippen LogP contribution in [0.15, 0.2) is 12.2 Å². The van der Waals surface area contributed by atoms with E-state index in [4.69, 9.17) is 4.74 Å². The molecule has 113 valence electrons. The number of carbonyl (C=O) groups excluding carboxylic acids is 2. The van der Waals surface area contributed by atoms with Gasteiger partial charge in [0.15, 0.2) is 0 Å². The molecule has 0 fully saturated rings. The molecule has 1 amide bonds. The zero-order valence-electron chi connectivity index (χ0n) is 13.0. The summed E-state index contributed by atoms with van der Waals surface area (Å²) in [5.41, 5.74) is 0.342. The Morgan fingerprint density at radius 2 is 1.90 bits per heavy atom. The molecule has 20 heavy (non-hydrogen) atoms. The van der Waals surface area contributed by atoms with Gasteiger partial charge in [-0.1, -0.05) is 6.54 Å². The van der Waals surface area contributed by atoms with Gasteiger partial charge in [0.05, 0.1) is 0 Å². The Hall–Kier alpha value is -0.346. The minimum absolute atomic E-state index is 0. The van der Waals surface area contributed by atoms with Crippen LogP contribution in [-0.4, -0.2) is 24.0 Å². The van der Waals surface area contributed by atoms with Crippen LogP contribution in [-0.2, 0) is 42.2 Å². The third-order valence-corrected chi connectivity index (χ3v) is 2.16. The van der Waals surface area contributed by atoms with Crippen molar-refractivity contribution in [1.82, 2.24) is 5.32 Å². The summed E-state index contributed by atoms with van der Waals surface area (Å²) in [5, 5.41) is 2.60. The van der Waals surface area contributed by atoms with Crippen molar-refractivity contribution in [3.63, 3.8) is 0 Å². The van der Waals surface area contributed by atoms with E-state index in [0.717, 1.165) is 5.57 Å². The third-order valence-electron chi connectivity index (χ3n) is 2.16. The fourth-order valence-electron chi connectivity index (χ4n) is 1.45. The van der Waals surface area contributed by atoms with E-state index in [2.05, 4.69) is 18.8 Å². The van der Waals surface area contributed by atoms with Gasteiger partial charge in [0.2, 0.25) is 0 Å². The molecule has 0 atom stereocenters. The molecule has 1 N–H and O–H groups in total. The average molecular weight is 356 g/mol. The van der Waals surface area contributed by atoms with Crippen LogP contribution >= 0.6 is 0 Å². The summed E-state index contributed by atoms with van der Waals surface area (Å²) in [6, 6.07) is 0. The van der Waals surface area contributed by atoms with Gasteiger partial charge in [-0.2, -0.15) is 6.42 Å². The van der Waals surface area contributed by atoms with Gasteiger partial charge >= 0.3 is 6.09 Å². The van der Waals surface area contributed by atoms with Crippen LogP contribution in [0.5, 0.6) is 0 Å². The number of Topliss-reactive ketones (excluding diaryl/α,β-unsaturated/α-hetero) is 1. The minimum atomic E-state index is -0.546. The molecule has 0 aromatic rings. The molecule has 1 radical (unpaired) electrons. The first-order valence-corrected chi connectivity index (χ1v) is 6.44. The summed E-state index contributed by atoms with van der Waals surface area (Å²) >= 11 is 0. The monoisotopic (exact) mass is 356 g/mol. The Balaban J connectivity index is 0. The van der Waals surface area contributed by atoms with Crippen molar-refractivity contribution < 1.29 is 47.0 Å². The molecule has 0 spiro atoms. The number of alkyl carbamates (subject to hydrolysis) is 1. The van der Waals surface area contributed by atoms with E-state index < -0.39 is 11.7 Å². The fourth-order valence-corrected chi connectivity index (χ4v) is 1.45. The number of nitrogens with one attached hydrogen (secondary N) is 1. The molecule has 0 aromatic heterocycles. The van der Waals surface area contributed by atoms with Crippen molar-refractivity contribution in [1.29, 1.82) is 0 Å². The van der Waals surface area contributed by atoms with Crippen LogP contribution in [0.1, 0.15) is 47.0 Å². The minimum Gasteiger partial charge on any atom is -0.444 e. The number of rotatable bonds is 7. The van der Waals surface area contributed by atoms with Crippen LogP contribution in [0.2, 0.25) is 0 Å². The van der Waals surface area contributed by atoms with Crippen LogP contribution in [0, 0.1) is 12.8 Å². The largest absolute Gasteiger partial charge is 0.444 e. The smallest absolute Gasteiger partial charge is 0.405 e. The summed E-state index contributed by atoms with van der Waals surface area (Å²) in [5.74, 6) is 0.663. The van der Waals surface area contributed by atoms with Crippen LogP contribution in [0.25, 0.3) is 0 Å².